The van der Waals surface area contributed by atoms with E-state index >= 15 is 0 Å². The van der Waals surface area contributed by atoms with Crippen molar-refractivity contribution in [2.75, 3.05) is 26.7 Å². The average molecular weight is 214 g/mol. The maximum absolute atomic E-state index is 11.4. The molecule has 0 radical (unpaired) electrons. The Morgan fingerprint density at radius 1 is 1.53 bits per heavy atom. The molecular formula is C9H18N4O2. The van der Waals surface area contributed by atoms with Gasteiger partial charge >= 0.3 is 0 Å². The van der Waals surface area contributed by atoms with Gasteiger partial charge in [0.25, 0.3) is 0 Å². The highest BCUT2D eigenvalue weighted by Gasteiger charge is 2.25. The lowest BCUT2D eigenvalue weighted by molar-refractivity contribution is -0.128. The summed E-state index contributed by atoms with van der Waals surface area (Å²) in [6, 6.07) is 0. The molecule has 0 aromatic rings. The third kappa shape index (κ3) is 3.49. The molecule has 15 heavy (non-hydrogen) atoms. The van der Waals surface area contributed by atoms with Gasteiger partial charge in [-0.05, 0) is 19.4 Å². The maximum Gasteiger partial charge on any atom is 0.248 e. The van der Waals surface area contributed by atoms with Crippen LogP contribution in [0.3, 0.4) is 0 Å². The van der Waals surface area contributed by atoms with Gasteiger partial charge in [0.1, 0.15) is 0 Å². The Morgan fingerprint density at radius 3 is 2.87 bits per heavy atom. The summed E-state index contributed by atoms with van der Waals surface area (Å²) >= 11 is 0. The second-order valence-electron chi connectivity index (χ2n) is 3.76. The van der Waals surface area contributed by atoms with Gasteiger partial charge in [0.15, 0.2) is 0 Å². The van der Waals surface area contributed by atoms with Crippen LogP contribution in [0.5, 0.6) is 0 Å². The van der Waals surface area contributed by atoms with Crippen LogP contribution in [0.15, 0.2) is 0 Å². The summed E-state index contributed by atoms with van der Waals surface area (Å²) < 4.78 is 0. The number of hydrazine groups is 1. The summed E-state index contributed by atoms with van der Waals surface area (Å²) in [4.78, 5) is 24.4. The fourth-order valence-corrected chi connectivity index (χ4v) is 1.87. The number of nitrogens with two attached hydrogens (primary N) is 1. The molecule has 1 atom stereocenters. The van der Waals surface area contributed by atoms with E-state index in [1.54, 1.807) is 7.05 Å². The predicted octanol–water partition coefficient (Wildman–Crippen LogP) is -1.57. The molecule has 0 saturated carbocycles. The van der Waals surface area contributed by atoms with Crippen molar-refractivity contribution in [3.8, 4) is 0 Å². The molecule has 0 aromatic heterocycles. The zero-order valence-electron chi connectivity index (χ0n) is 8.95. The van der Waals surface area contributed by atoms with Gasteiger partial charge < -0.3 is 5.32 Å². The summed E-state index contributed by atoms with van der Waals surface area (Å²) in [5.74, 6) is 4.83. The minimum Gasteiger partial charge on any atom is -0.359 e. The standard InChI is InChI=1S/C9H18N4O2/c1-11-9(15)7-3-2-4-13(5-7)6-8(14)12-10/h7H,2-6,10H2,1H3,(H,11,15)(H,12,14). The lowest BCUT2D eigenvalue weighted by Gasteiger charge is -2.30. The van der Waals surface area contributed by atoms with Crippen molar-refractivity contribution in [2.24, 2.45) is 11.8 Å². The second-order valence-corrected chi connectivity index (χ2v) is 3.76. The highest BCUT2D eigenvalue weighted by molar-refractivity contribution is 5.79. The number of hydrogen-bond acceptors (Lipinski definition) is 4. The highest BCUT2D eigenvalue weighted by Crippen LogP contribution is 2.15. The third-order valence-corrected chi connectivity index (χ3v) is 2.65. The van der Waals surface area contributed by atoms with Crippen LogP contribution in [0.2, 0.25) is 0 Å². The van der Waals surface area contributed by atoms with E-state index in [0.717, 1.165) is 19.4 Å². The normalized spacial score (nSPS) is 22.1. The summed E-state index contributed by atoms with van der Waals surface area (Å²) in [6.45, 7) is 1.75. The van der Waals surface area contributed by atoms with E-state index in [4.69, 9.17) is 5.84 Å². The number of carbonyl (C=O) groups excluding carboxylic acids is 2. The van der Waals surface area contributed by atoms with Crippen LogP contribution in [-0.4, -0.2) is 43.4 Å². The molecular weight excluding hydrogens is 196 g/mol. The number of amides is 2. The zero-order chi connectivity index (χ0) is 11.3. The zero-order valence-corrected chi connectivity index (χ0v) is 8.95. The fraction of sp³-hybridized carbons (Fsp3) is 0.778. The smallest absolute Gasteiger partial charge is 0.248 e. The van der Waals surface area contributed by atoms with E-state index in [1.807, 2.05) is 4.90 Å². The Kier molecular flexibility index (Phi) is 4.51. The van der Waals surface area contributed by atoms with Crippen molar-refractivity contribution in [1.29, 1.82) is 0 Å². The minimum atomic E-state index is -0.215. The van der Waals surface area contributed by atoms with Crippen molar-refractivity contribution in [1.82, 2.24) is 15.6 Å². The summed E-state index contributed by atoms with van der Waals surface area (Å²) in [6.07, 6.45) is 1.83. The summed E-state index contributed by atoms with van der Waals surface area (Å²) in [5.41, 5.74) is 2.09. The molecule has 6 heteroatoms. The van der Waals surface area contributed by atoms with E-state index in [1.165, 1.54) is 0 Å². The van der Waals surface area contributed by atoms with Crippen LogP contribution in [0.25, 0.3) is 0 Å². The molecule has 1 fully saturated rings. The SMILES string of the molecule is CNC(=O)C1CCCN(CC(=O)NN)C1. The molecule has 0 bridgehead atoms. The molecule has 86 valence electrons. The first-order chi connectivity index (χ1) is 7.17. The van der Waals surface area contributed by atoms with Crippen molar-refractivity contribution in [2.45, 2.75) is 12.8 Å². The Labute approximate surface area is 89.1 Å². The van der Waals surface area contributed by atoms with Gasteiger partial charge in [0.2, 0.25) is 11.8 Å². The van der Waals surface area contributed by atoms with Crippen LogP contribution in [0, 0.1) is 5.92 Å². The molecule has 1 heterocycles. The van der Waals surface area contributed by atoms with Gasteiger partial charge in [0.05, 0.1) is 12.5 Å². The average Bonchev–Trinajstić information content (AvgIpc) is 2.28. The van der Waals surface area contributed by atoms with Crippen molar-refractivity contribution < 1.29 is 9.59 Å². The van der Waals surface area contributed by atoms with Crippen LogP contribution >= 0.6 is 0 Å². The van der Waals surface area contributed by atoms with Crippen molar-refractivity contribution in [3.63, 3.8) is 0 Å². The van der Waals surface area contributed by atoms with Crippen LogP contribution in [-0.2, 0) is 9.59 Å². The van der Waals surface area contributed by atoms with Crippen LogP contribution < -0.4 is 16.6 Å². The molecule has 0 aromatic carbocycles. The highest BCUT2D eigenvalue weighted by atomic mass is 16.2. The lowest BCUT2D eigenvalue weighted by Crippen LogP contribution is -2.47. The maximum atomic E-state index is 11.4. The monoisotopic (exact) mass is 214 g/mol. The summed E-state index contributed by atoms with van der Waals surface area (Å²) in [7, 11) is 1.63. The van der Waals surface area contributed by atoms with Gasteiger partial charge in [-0.15, -0.1) is 0 Å². The number of nitrogens with zero attached hydrogens (tertiary/aromatic N) is 1. The molecule has 1 rings (SSSR count). The quantitative estimate of drug-likeness (QED) is 0.301. The van der Waals surface area contributed by atoms with Gasteiger partial charge in [-0.25, -0.2) is 5.84 Å². The fourth-order valence-electron chi connectivity index (χ4n) is 1.87. The first-order valence-electron chi connectivity index (χ1n) is 5.10. The predicted molar refractivity (Wildman–Crippen MR) is 55.6 cm³/mol. The van der Waals surface area contributed by atoms with Crippen LogP contribution in [0.1, 0.15) is 12.8 Å². The van der Waals surface area contributed by atoms with E-state index in [0.29, 0.717) is 6.54 Å². The minimum absolute atomic E-state index is 0.00526. The molecule has 2 amide bonds. The molecule has 6 nitrogen and oxygen atoms in total. The van der Waals surface area contributed by atoms with Gasteiger partial charge in [-0.3, -0.25) is 19.9 Å². The van der Waals surface area contributed by atoms with Gasteiger partial charge in [-0.1, -0.05) is 0 Å². The van der Waals surface area contributed by atoms with E-state index in [-0.39, 0.29) is 24.3 Å². The van der Waals surface area contributed by atoms with Gasteiger partial charge in [-0.2, -0.15) is 0 Å². The Balaban J connectivity index is 2.42. The van der Waals surface area contributed by atoms with E-state index in [2.05, 4.69) is 10.7 Å². The molecule has 4 N–H and O–H groups in total. The Morgan fingerprint density at radius 2 is 2.27 bits per heavy atom. The Bertz CT molecular complexity index is 244. The van der Waals surface area contributed by atoms with E-state index in [9.17, 15) is 9.59 Å². The number of hydrogen-bond donors (Lipinski definition) is 3. The molecule has 1 saturated heterocycles. The number of nitrogens with one attached hydrogen (secondary N) is 2. The largest absolute Gasteiger partial charge is 0.359 e. The second kappa shape index (κ2) is 5.67. The first-order valence-corrected chi connectivity index (χ1v) is 5.10. The molecule has 0 aliphatic carbocycles. The van der Waals surface area contributed by atoms with Gasteiger partial charge in [0, 0.05) is 13.6 Å². The number of likely N-dealkylation sites (tertiary alicyclic amines) is 1. The number of rotatable bonds is 3. The molecule has 0 spiro atoms. The van der Waals surface area contributed by atoms with Crippen molar-refractivity contribution in [3.05, 3.63) is 0 Å². The van der Waals surface area contributed by atoms with Crippen molar-refractivity contribution >= 4 is 11.8 Å². The third-order valence-electron chi connectivity index (χ3n) is 2.65. The summed E-state index contributed by atoms with van der Waals surface area (Å²) in [5, 5.41) is 2.63. The molecule has 1 aliphatic heterocycles. The van der Waals surface area contributed by atoms with Crippen LogP contribution in [0.4, 0.5) is 0 Å². The molecule has 1 aliphatic rings. The number of carbonyl (C=O) groups is 2. The molecule has 1 unspecified atom stereocenters. The first kappa shape index (κ1) is 11.9. The topological polar surface area (TPSA) is 87.5 Å². The lowest BCUT2D eigenvalue weighted by atomic mass is 9.97. The number of piperidine rings is 1. The Hall–Kier alpha value is -1.14. The van der Waals surface area contributed by atoms with E-state index < -0.39 is 0 Å².